The van der Waals surface area contributed by atoms with E-state index < -0.39 is 0 Å². The summed E-state index contributed by atoms with van der Waals surface area (Å²) >= 11 is 6.20. The molecule has 4 aromatic rings. The fraction of sp³-hybridized carbons (Fsp3) is 0.174. The highest BCUT2D eigenvalue weighted by atomic mass is 35.5. The Morgan fingerprint density at radius 1 is 1.21 bits per heavy atom. The monoisotopic (exact) mass is 406 g/mol. The lowest BCUT2D eigenvalue weighted by atomic mass is 9.97. The highest BCUT2D eigenvalue weighted by molar-refractivity contribution is 6.19. The predicted molar refractivity (Wildman–Crippen MR) is 116 cm³/mol. The number of benzene rings is 3. The largest absolute Gasteiger partial charge is 0.507 e. The first-order valence-electron chi connectivity index (χ1n) is 9.40. The van der Waals surface area contributed by atoms with Crippen molar-refractivity contribution < 1.29 is 14.6 Å². The first-order valence-corrected chi connectivity index (χ1v) is 9.93. The van der Waals surface area contributed by atoms with Crippen molar-refractivity contribution in [2.45, 2.75) is 5.92 Å². The number of amides is 1. The molecule has 0 unspecified atom stereocenters. The van der Waals surface area contributed by atoms with E-state index in [1.165, 1.54) is 0 Å². The molecule has 2 heterocycles. The number of phenols is 1. The Balaban J connectivity index is 1.62. The first kappa shape index (κ1) is 17.9. The number of aromatic amines is 1. The van der Waals surface area contributed by atoms with Gasteiger partial charge in [-0.2, -0.15) is 0 Å². The number of aromatic hydroxyl groups is 1. The van der Waals surface area contributed by atoms with Crippen molar-refractivity contribution in [1.29, 1.82) is 0 Å². The average Bonchev–Trinajstić information content (AvgIpc) is 3.34. The summed E-state index contributed by atoms with van der Waals surface area (Å²) in [5.74, 6) is 1.00. The molecule has 6 heteroatoms. The van der Waals surface area contributed by atoms with Crippen molar-refractivity contribution >= 4 is 44.9 Å². The molecule has 1 aromatic heterocycles. The molecule has 0 aliphatic carbocycles. The van der Waals surface area contributed by atoms with E-state index >= 15 is 0 Å². The second-order valence-corrected chi connectivity index (χ2v) is 7.59. The van der Waals surface area contributed by atoms with Gasteiger partial charge < -0.3 is 19.7 Å². The minimum Gasteiger partial charge on any atom is -0.507 e. The van der Waals surface area contributed by atoms with Gasteiger partial charge in [-0.1, -0.05) is 24.3 Å². The van der Waals surface area contributed by atoms with Crippen LogP contribution < -0.4 is 9.64 Å². The Kier molecular flexibility index (Phi) is 4.14. The molecule has 1 amide bonds. The second kappa shape index (κ2) is 6.71. The fourth-order valence-corrected chi connectivity index (χ4v) is 4.43. The van der Waals surface area contributed by atoms with E-state index in [-0.39, 0.29) is 17.6 Å². The van der Waals surface area contributed by atoms with Gasteiger partial charge in [-0.05, 0) is 35.7 Å². The topological polar surface area (TPSA) is 65.6 Å². The maximum Gasteiger partial charge on any atom is 0.274 e. The van der Waals surface area contributed by atoms with Crippen LogP contribution in [0.2, 0.25) is 0 Å². The SMILES string of the molecule is COc1ccc2[nH]c(C(=O)N3C[C@H](CCl)c4c3cc3ccccc3c4O)cc2c1. The Bertz CT molecular complexity index is 1260. The number of nitrogens with one attached hydrogen (secondary N) is 1. The predicted octanol–water partition coefficient (Wildman–Crippen LogP) is 5.02. The number of fused-ring (bicyclic) bond motifs is 3. The molecule has 1 atom stereocenters. The van der Waals surface area contributed by atoms with Gasteiger partial charge in [-0.15, -0.1) is 11.6 Å². The number of halogens is 1. The lowest BCUT2D eigenvalue weighted by Crippen LogP contribution is -2.30. The van der Waals surface area contributed by atoms with Gasteiger partial charge in [0.15, 0.2) is 0 Å². The molecule has 0 spiro atoms. The van der Waals surface area contributed by atoms with Gasteiger partial charge >= 0.3 is 0 Å². The van der Waals surface area contributed by atoms with Crippen molar-refractivity contribution in [1.82, 2.24) is 4.98 Å². The van der Waals surface area contributed by atoms with E-state index in [9.17, 15) is 9.90 Å². The summed E-state index contributed by atoms with van der Waals surface area (Å²) in [6.45, 7) is 0.431. The standard InChI is InChI=1S/C23H19ClN2O3/c1-29-16-6-7-18-14(8-16)9-19(25-18)23(28)26-12-15(11-24)21-20(26)10-13-4-2-3-5-17(13)22(21)27/h2-10,15,25,27H,11-12H2,1H3/t15-/m0/s1. The highest BCUT2D eigenvalue weighted by Gasteiger charge is 2.36. The van der Waals surface area contributed by atoms with Crippen molar-refractivity contribution in [3.05, 3.63) is 65.9 Å². The molecule has 5 nitrogen and oxygen atoms in total. The van der Waals surface area contributed by atoms with Gasteiger partial charge in [0.25, 0.3) is 5.91 Å². The summed E-state index contributed by atoms with van der Waals surface area (Å²) in [6, 6.07) is 17.0. The molecule has 0 saturated carbocycles. The maximum absolute atomic E-state index is 13.4. The van der Waals surface area contributed by atoms with Crippen LogP contribution in [0.1, 0.15) is 22.0 Å². The van der Waals surface area contributed by atoms with Gasteiger partial charge in [0.05, 0.1) is 12.8 Å². The van der Waals surface area contributed by atoms with Crippen LogP contribution >= 0.6 is 11.6 Å². The Labute approximate surface area is 172 Å². The number of alkyl halides is 1. The number of nitrogens with zero attached hydrogens (tertiary/aromatic N) is 1. The Morgan fingerprint density at radius 3 is 2.83 bits per heavy atom. The van der Waals surface area contributed by atoms with Crippen molar-refractivity contribution in [3.8, 4) is 11.5 Å². The third-order valence-corrected chi connectivity index (χ3v) is 6.00. The number of carbonyl (C=O) groups is 1. The second-order valence-electron chi connectivity index (χ2n) is 7.28. The first-order chi connectivity index (χ1) is 14.1. The van der Waals surface area contributed by atoms with Crippen LogP contribution in [0, 0.1) is 0 Å². The van der Waals surface area contributed by atoms with Gasteiger partial charge in [-0.25, -0.2) is 0 Å². The maximum atomic E-state index is 13.4. The number of methoxy groups -OCH3 is 1. The van der Waals surface area contributed by atoms with Crippen LogP contribution in [0.15, 0.2) is 54.6 Å². The van der Waals surface area contributed by atoms with E-state index in [1.54, 1.807) is 12.0 Å². The quantitative estimate of drug-likeness (QED) is 0.469. The van der Waals surface area contributed by atoms with Gasteiger partial charge in [0.1, 0.15) is 17.2 Å². The van der Waals surface area contributed by atoms with Crippen molar-refractivity contribution in [3.63, 3.8) is 0 Å². The van der Waals surface area contributed by atoms with Crippen molar-refractivity contribution in [2.24, 2.45) is 0 Å². The fourth-order valence-electron chi connectivity index (χ4n) is 4.18. The van der Waals surface area contributed by atoms with E-state index in [2.05, 4.69) is 4.98 Å². The zero-order valence-electron chi connectivity index (χ0n) is 15.8. The molecule has 0 bridgehead atoms. The molecule has 0 saturated heterocycles. The van der Waals surface area contributed by atoms with E-state index in [0.29, 0.717) is 23.8 Å². The van der Waals surface area contributed by atoms with E-state index in [1.807, 2.05) is 54.6 Å². The van der Waals surface area contributed by atoms with Gasteiger partial charge in [0.2, 0.25) is 0 Å². The summed E-state index contributed by atoms with van der Waals surface area (Å²) in [5, 5.41) is 13.5. The summed E-state index contributed by atoms with van der Waals surface area (Å²) in [4.78, 5) is 18.3. The smallest absolute Gasteiger partial charge is 0.274 e. The summed E-state index contributed by atoms with van der Waals surface area (Å²) < 4.78 is 5.27. The Hall–Kier alpha value is -3.18. The lowest BCUT2D eigenvalue weighted by molar-refractivity contribution is 0.0984. The van der Waals surface area contributed by atoms with Crippen molar-refractivity contribution in [2.75, 3.05) is 24.4 Å². The molecule has 3 aromatic carbocycles. The summed E-state index contributed by atoms with van der Waals surface area (Å²) in [6.07, 6.45) is 0. The number of rotatable bonds is 3. The van der Waals surface area contributed by atoms with Crippen LogP contribution in [0.25, 0.3) is 21.7 Å². The molecule has 0 fully saturated rings. The van der Waals surface area contributed by atoms with Crippen LogP contribution in [0.5, 0.6) is 11.5 Å². The molecule has 1 aliphatic heterocycles. The number of ether oxygens (including phenoxy) is 1. The third kappa shape index (κ3) is 2.73. The van der Waals surface area contributed by atoms with Gasteiger partial charge in [-0.3, -0.25) is 4.79 Å². The van der Waals surface area contributed by atoms with Crippen LogP contribution in [-0.4, -0.2) is 35.5 Å². The lowest BCUT2D eigenvalue weighted by Gasteiger charge is -2.17. The van der Waals surface area contributed by atoms with Crippen LogP contribution in [0.4, 0.5) is 5.69 Å². The number of carbonyl (C=O) groups excluding carboxylic acids is 1. The molecular formula is C23H19ClN2O3. The molecule has 29 heavy (non-hydrogen) atoms. The number of H-pyrrole nitrogens is 1. The summed E-state index contributed by atoms with van der Waals surface area (Å²) in [7, 11) is 1.62. The third-order valence-electron chi connectivity index (χ3n) is 5.63. The number of hydrogen-bond acceptors (Lipinski definition) is 3. The highest BCUT2D eigenvalue weighted by Crippen LogP contribution is 2.46. The normalized spacial score (nSPS) is 15.8. The van der Waals surface area contributed by atoms with E-state index in [4.69, 9.17) is 16.3 Å². The number of anilines is 1. The number of hydrogen-bond donors (Lipinski definition) is 2. The number of aromatic nitrogens is 1. The Morgan fingerprint density at radius 2 is 2.03 bits per heavy atom. The molecule has 5 rings (SSSR count). The molecule has 146 valence electrons. The van der Waals surface area contributed by atoms with E-state index in [0.717, 1.165) is 33.0 Å². The molecule has 1 aliphatic rings. The van der Waals surface area contributed by atoms with Crippen LogP contribution in [0.3, 0.4) is 0 Å². The van der Waals surface area contributed by atoms with Gasteiger partial charge in [0, 0.05) is 40.2 Å². The summed E-state index contributed by atoms with van der Waals surface area (Å²) in [5.41, 5.74) is 2.81. The van der Waals surface area contributed by atoms with Crippen LogP contribution in [-0.2, 0) is 0 Å². The number of phenolic OH excluding ortho intramolecular Hbond substituents is 1. The minimum absolute atomic E-state index is 0.121. The molecule has 2 N–H and O–H groups in total. The minimum atomic E-state index is -0.149. The average molecular weight is 407 g/mol. The zero-order chi connectivity index (χ0) is 20.1. The molecule has 0 radical (unpaired) electrons. The molecular weight excluding hydrogens is 388 g/mol. The zero-order valence-corrected chi connectivity index (χ0v) is 16.5.